The smallest absolute Gasteiger partial charge is 0.325 e. The lowest BCUT2D eigenvalue weighted by Gasteiger charge is -2.13. The van der Waals surface area contributed by atoms with Crippen LogP contribution in [-0.4, -0.2) is 34.0 Å². The van der Waals surface area contributed by atoms with Crippen molar-refractivity contribution >= 4 is 51.1 Å². The van der Waals surface area contributed by atoms with Gasteiger partial charge in [0.05, 0.1) is 16.7 Å². The van der Waals surface area contributed by atoms with Crippen LogP contribution in [0.2, 0.25) is 0 Å². The van der Waals surface area contributed by atoms with Gasteiger partial charge in [-0.25, -0.2) is 9.78 Å². The van der Waals surface area contributed by atoms with Gasteiger partial charge in [-0.3, -0.25) is 19.5 Å². The summed E-state index contributed by atoms with van der Waals surface area (Å²) in [5, 5.41) is 8.04. The molecule has 4 aromatic carbocycles. The van der Waals surface area contributed by atoms with Crippen LogP contribution in [0.15, 0.2) is 88.8 Å². The first-order chi connectivity index (χ1) is 19.5. The highest BCUT2D eigenvalue weighted by Crippen LogP contribution is 2.34. The summed E-state index contributed by atoms with van der Waals surface area (Å²) in [7, 11) is 0. The molecule has 1 aromatic heterocycles. The van der Waals surface area contributed by atoms with Crippen LogP contribution in [0.4, 0.5) is 10.5 Å². The fourth-order valence-corrected chi connectivity index (χ4v) is 5.53. The Morgan fingerprint density at radius 2 is 1.77 bits per heavy atom. The molecule has 0 aliphatic carbocycles. The Labute approximate surface area is 233 Å². The Kier molecular flexibility index (Phi) is 6.83. The summed E-state index contributed by atoms with van der Waals surface area (Å²) >= 11 is 1.10. The van der Waals surface area contributed by atoms with Crippen LogP contribution < -0.4 is 25.7 Å². The van der Waals surface area contributed by atoms with E-state index in [1.165, 1.54) is 0 Å². The topological polar surface area (TPSA) is 112 Å². The Morgan fingerprint density at radius 1 is 0.950 bits per heavy atom. The number of nitrogens with zero attached hydrogens (tertiary/aromatic N) is 2. The van der Waals surface area contributed by atoms with Crippen LogP contribution in [0.1, 0.15) is 6.92 Å². The van der Waals surface area contributed by atoms with Crippen LogP contribution in [0.5, 0.6) is 11.5 Å². The van der Waals surface area contributed by atoms with Crippen molar-refractivity contribution in [1.29, 1.82) is 0 Å². The van der Waals surface area contributed by atoms with E-state index in [2.05, 4.69) is 33.8 Å². The summed E-state index contributed by atoms with van der Waals surface area (Å²) in [6.45, 7) is 2.36. The number of aromatic nitrogens is 2. The standard InChI is InChI=1S/C30H24N4O5S/c1-2-34-28(36)23-14-19(22-9-5-7-18-6-3-4-8-21(18)22)10-12-24(23)32-30(34)40-16-27(35)33-29(37)31-20-11-13-25-26(15-20)39-17-38-25/h3-15H,2,16-17H2,1H3,(H2,31,33,35,37). The summed E-state index contributed by atoms with van der Waals surface area (Å²) in [5.74, 6) is 0.490. The number of ether oxygens (including phenoxy) is 2. The quantitative estimate of drug-likeness (QED) is 0.214. The summed E-state index contributed by atoms with van der Waals surface area (Å²) in [4.78, 5) is 43.0. The average Bonchev–Trinajstić information content (AvgIpc) is 3.44. The molecule has 1 aliphatic rings. The fraction of sp³-hybridized carbons (Fsp3) is 0.133. The second-order valence-electron chi connectivity index (χ2n) is 9.06. The Morgan fingerprint density at radius 3 is 2.65 bits per heavy atom. The lowest BCUT2D eigenvalue weighted by molar-refractivity contribution is -0.117. The van der Waals surface area contributed by atoms with E-state index in [1.54, 1.807) is 22.8 Å². The first-order valence-electron chi connectivity index (χ1n) is 12.7. The molecule has 0 saturated heterocycles. The van der Waals surface area contributed by atoms with E-state index >= 15 is 0 Å². The molecule has 0 spiro atoms. The van der Waals surface area contributed by atoms with Crippen LogP contribution >= 0.6 is 11.8 Å². The fourth-order valence-electron chi connectivity index (χ4n) is 4.66. The van der Waals surface area contributed by atoms with Crippen LogP contribution in [-0.2, 0) is 11.3 Å². The number of rotatable bonds is 6. The normalized spacial score (nSPS) is 12.0. The van der Waals surface area contributed by atoms with Crippen LogP contribution in [0.25, 0.3) is 32.8 Å². The number of amides is 3. The second-order valence-corrected chi connectivity index (χ2v) is 10.0. The van der Waals surface area contributed by atoms with Gasteiger partial charge in [0.25, 0.3) is 5.56 Å². The molecule has 3 amide bonds. The van der Waals surface area contributed by atoms with Gasteiger partial charge in [0, 0.05) is 18.3 Å². The molecule has 9 nitrogen and oxygen atoms in total. The van der Waals surface area contributed by atoms with Gasteiger partial charge >= 0.3 is 6.03 Å². The van der Waals surface area contributed by atoms with Crippen LogP contribution in [0.3, 0.4) is 0 Å². The molecule has 2 N–H and O–H groups in total. The van der Waals surface area contributed by atoms with Gasteiger partial charge in [-0.2, -0.15) is 0 Å². The minimum absolute atomic E-state index is 0.0966. The molecule has 40 heavy (non-hydrogen) atoms. The van der Waals surface area contributed by atoms with Crippen molar-refractivity contribution in [1.82, 2.24) is 14.9 Å². The highest BCUT2D eigenvalue weighted by atomic mass is 32.2. The number of hydrogen-bond donors (Lipinski definition) is 2. The van der Waals surface area contributed by atoms with Crippen molar-refractivity contribution in [3.05, 3.63) is 89.2 Å². The molecule has 0 bridgehead atoms. The van der Waals surface area contributed by atoms with Crippen molar-refractivity contribution in [3.8, 4) is 22.6 Å². The number of imide groups is 1. The minimum Gasteiger partial charge on any atom is -0.454 e. The number of hydrogen-bond acceptors (Lipinski definition) is 7. The zero-order chi connectivity index (χ0) is 27.6. The van der Waals surface area contributed by atoms with Gasteiger partial charge in [0.1, 0.15) is 0 Å². The summed E-state index contributed by atoms with van der Waals surface area (Å²) in [5.41, 5.74) is 2.79. The van der Waals surface area contributed by atoms with Crippen LogP contribution in [0, 0.1) is 0 Å². The number of carbonyl (C=O) groups is 2. The SMILES string of the molecule is CCn1c(SCC(=O)NC(=O)Nc2ccc3c(c2)OCO3)nc2ccc(-c3cccc4ccccc34)cc2c1=O. The molecule has 200 valence electrons. The van der Waals surface area contributed by atoms with Crippen molar-refractivity contribution in [2.75, 3.05) is 17.9 Å². The maximum absolute atomic E-state index is 13.5. The zero-order valence-electron chi connectivity index (χ0n) is 21.5. The molecule has 0 saturated carbocycles. The number of urea groups is 1. The molecule has 0 unspecified atom stereocenters. The number of thioether (sulfide) groups is 1. The van der Waals surface area contributed by atoms with Crippen molar-refractivity contribution < 1.29 is 19.1 Å². The third-order valence-corrected chi connectivity index (χ3v) is 7.53. The van der Waals surface area contributed by atoms with E-state index in [-0.39, 0.29) is 18.1 Å². The molecular weight excluding hydrogens is 528 g/mol. The summed E-state index contributed by atoms with van der Waals surface area (Å²) in [6, 6.07) is 24.2. The van der Waals surface area contributed by atoms with E-state index in [0.717, 1.165) is 33.7 Å². The number of carbonyl (C=O) groups excluding carboxylic acids is 2. The third-order valence-electron chi connectivity index (χ3n) is 6.55. The number of fused-ring (bicyclic) bond motifs is 3. The third kappa shape index (κ3) is 4.96. The van der Waals surface area contributed by atoms with Crippen molar-refractivity contribution in [2.24, 2.45) is 0 Å². The Hall–Kier alpha value is -4.83. The van der Waals surface area contributed by atoms with E-state index in [0.29, 0.717) is 39.8 Å². The Balaban J connectivity index is 1.18. The molecule has 0 fully saturated rings. The maximum Gasteiger partial charge on any atom is 0.325 e. The summed E-state index contributed by atoms with van der Waals surface area (Å²) < 4.78 is 12.1. The molecule has 5 aromatic rings. The number of anilines is 1. The highest BCUT2D eigenvalue weighted by Gasteiger charge is 2.17. The lowest BCUT2D eigenvalue weighted by Crippen LogP contribution is -2.35. The van der Waals surface area contributed by atoms with Crippen molar-refractivity contribution in [2.45, 2.75) is 18.6 Å². The zero-order valence-corrected chi connectivity index (χ0v) is 22.3. The van der Waals surface area contributed by atoms with E-state index < -0.39 is 11.9 Å². The molecule has 6 rings (SSSR count). The van der Waals surface area contributed by atoms with Gasteiger partial charge in [0.2, 0.25) is 12.7 Å². The maximum atomic E-state index is 13.5. The number of benzene rings is 4. The van der Waals surface area contributed by atoms with E-state index in [1.807, 2.05) is 49.4 Å². The molecule has 0 atom stereocenters. The summed E-state index contributed by atoms with van der Waals surface area (Å²) in [6.07, 6.45) is 0. The molecule has 1 aliphatic heterocycles. The molecule has 2 heterocycles. The van der Waals surface area contributed by atoms with Gasteiger partial charge < -0.3 is 14.8 Å². The monoisotopic (exact) mass is 552 g/mol. The molecule has 0 radical (unpaired) electrons. The molecule has 10 heteroatoms. The average molecular weight is 553 g/mol. The van der Waals surface area contributed by atoms with Gasteiger partial charge in [-0.1, -0.05) is 60.3 Å². The first kappa shape index (κ1) is 25.4. The van der Waals surface area contributed by atoms with Crippen molar-refractivity contribution in [3.63, 3.8) is 0 Å². The van der Waals surface area contributed by atoms with Gasteiger partial charge in [0.15, 0.2) is 16.7 Å². The van der Waals surface area contributed by atoms with E-state index in [4.69, 9.17) is 9.47 Å². The highest BCUT2D eigenvalue weighted by molar-refractivity contribution is 7.99. The largest absolute Gasteiger partial charge is 0.454 e. The van der Waals surface area contributed by atoms with Gasteiger partial charge in [-0.15, -0.1) is 0 Å². The second kappa shape index (κ2) is 10.7. The Bertz CT molecular complexity index is 1850. The predicted molar refractivity (Wildman–Crippen MR) is 155 cm³/mol. The van der Waals surface area contributed by atoms with Gasteiger partial charge in [-0.05, 0) is 53.1 Å². The van der Waals surface area contributed by atoms with E-state index in [9.17, 15) is 14.4 Å². The molecular formula is C30H24N4O5S. The number of nitrogens with one attached hydrogen (secondary N) is 2. The first-order valence-corrected chi connectivity index (χ1v) is 13.6. The minimum atomic E-state index is -0.676. The predicted octanol–water partition coefficient (Wildman–Crippen LogP) is 5.41. The lowest BCUT2D eigenvalue weighted by atomic mass is 9.97.